The minimum absolute atomic E-state index is 0.0823. The molecule has 0 aliphatic rings. The maximum absolute atomic E-state index is 13.3. The van der Waals surface area contributed by atoms with E-state index in [1.54, 1.807) is 17.9 Å². The first-order valence-corrected chi connectivity index (χ1v) is 7.93. The second-order valence-corrected chi connectivity index (χ2v) is 5.88. The van der Waals surface area contributed by atoms with Gasteiger partial charge in [-0.3, -0.25) is 14.8 Å². The number of nitro groups is 1. The zero-order chi connectivity index (χ0) is 19.6. The van der Waals surface area contributed by atoms with Gasteiger partial charge in [-0.15, -0.1) is 0 Å². The number of non-ortho nitro benzene ring substituents is 1. The Morgan fingerprint density at radius 3 is 2.52 bits per heavy atom. The molecule has 0 spiro atoms. The fourth-order valence-electron chi connectivity index (χ4n) is 2.73. The summed E-state index contributed by atoms with van der Waals surface area (Å²) in [6.07, 6.45) is -3.00. The van der Waals surface area contributed by atoms with Gasteiger partial charge in [-0.25, -0.2) is 0 Å². The number of aryl methyl sites for hydroxylation is 1. The molecule has 1 heterocycles. The van der Waals surface area contributed by atoms with Gasteiger partial charge in [-0.1, -0.05) is 30.3 Å². The molecular weight excluding hydrogens is 361 g/mol. The first kappa shape index (κ1) is 18.4. The van der Waals surface area contributed by atoms with E-state index in [2.05, 4.69) is 10.4 Å². The number of nitrogens with zero attached hydrogens (tertiary/aromatic N) is 3. The lowest BCUT2D eigenvalue weighted by molar-refractivity contribution is -0.385. The van der Waals surface area contributed by atoms with Crippen molar-refractivity contribution < 1.29 is 18.1 Å². The van der Waals surface area contributed by atoms with Crippen LogP contribution in [0.25, 0.3) is 11.3 Å². The van der Waals surface area contributed by atoms with Crippen molar-refractivity contribution in [3.63, 3.8) is 0 Å². The highest BCUT2D eigenvalue weighted by molar-refractivity contribution is 5.64. The van der Waals surface area contributed by atoms with E-state index >= 15 is 0 Å². The number of nitro benzene ring substituents is 1. The first-order valence-electron chi connectivity index (χ1n) is 7.93. The lowest BCUT2D eigenvalue weighted by atomic mass is 10.1. The number of nitrogens with one attached hydrogen (secondary N) is 1. The largest absolute Gasteiger partial charge is 0.418 e. The molecular formula is C18H15F3N4O2. The van der Waals surface area contributed by atoms with Crippen molar-refractivity contribution in [2.75, 3.05) is 5.32 Å². The summed E-state index contributed by atoms with van der Waals surface area (Å²) in [4.78, 5) is 9.93. The Morgan fingerprint density at radius 1 is 1.19 bits per heavy atom. The second kappa shape index (κ2) is 7.10. The molecule has 6 nitrogen and oxygen atoms in total. The minimum atomic E-state index is -4.72. The summed E-state index contributed by atoms with van der Waals surface area (Å²) in [5.41, 5.74) is 0.280. The summed E-state index contributed by atoms with van der Waals surface area (Å²) in [6.45, 7) is 0.0823. The van der Waals surface area contributed by atoms with Gasteiger partial charge in [0, 0.05) is 48.7 Å². The van der Waals surface area contributed by atoms with Crippen molar-refractivity contribution in [1.29, 1.82) is 0 Å². The SMILES string of the molecule is Cn1cc(CNc2ccc([N+](=O)[O-])cc2C(F)(F)F)c(-c2ccccc2)n1. The van der Waals surface area contributed by atoms with E-state index in [9.17, 15) is 23.3 Å². The molecule has 0 aliphatic carbocycles. The van der Waals surface area contributed by atoms with Crippen LogP contribution >= 0.6 is 0 Å². The van der Waals surface area contributed by atoms with Crippen LogP contribution in [-0.4, -0.2) is 14.7 Å². The molecule has 0 bridgehead atoms. The van der Waals surface area contributed by atoms with E-state index < -0.39 is 22.4 Å². The van der Waals surface area contributed by atoms with Crippen LogP contribution < -0.4 is 5.32 Å². The number of alkyl halides is 3. The highest BCUT2D eigenvalue weighted by atomic mass is 19.4. The number of halogens is 3. The van der Waals surface area contributed by atoms with Crippen molar-refractivity contribution in [3.8, 4) is 11.3 Å². The van der Waals surface area contributed by atoms with Gasteiger partial charge >= 0.3 is 6.18 Å². The molecule has 0 radical (unpaired) electrons. The molecule has 2 aromatic carbocycles. The molecule has 27 heavy (non-hydrogen) atoms. The highest BCUT2D eigenvalue weighted by Gasteiger charge is 2.35. The van der Waals surface area contributed by atoms with Gasteiger partial charge in [0.2, 0.25) is 0 Å². The van der Waals surface area contributed by atoms with E-state index in [1.807, 2.05) is 30.3 Å². The Bertz CT molecular complexity index is 968. The Hall–Kier alpha value is -3.36. The van der Waals surface area contributed by atoms with E-state index in [1.165, 1.54) is 0 Å². The quantitative estimate of drug-likeness (QED) is 0.521. The van der Waals surface area contributed by atoms with E-state index in [0.29, 0.717) is 17.3 Å². The van der Waals surface area contributed by atoms with Crippen molar-refractivity contribution in [1.82, 2.24) is 9.78 Å². The Labute approximate surface area is 152 Å². The number of benzene rings is 2. The Balaban J connectivity index is 1.91. The average molecular weight is 376 g/mol. The molecule has 1 N–H and O–H groups in total. The van der Waals surface area contributed by atoms with Gasteiger partial charge in [0.15, 0.2) is 0 Å². The average Bonchev–Trinajstić information content (AvgIpc) is 3.00. The van der Waals surface area contributed by atoms with Crippen molar-refractivity contribution in [3.05, 3.63) is 76.0 Å². The van der Waals surface area contributed by atoms with Crippen molar-refractivity contribution in [2.45, 2.75) is 12.7 Å². The summed E-state index contributed by atoms with van der Waals surface area (Å²) in [6, 6.07) is 11.9. The van der Waals surface area contributed by atoms with Crippen molar-refractivity contribution >= 4 is 11.4 Å². The molecule has 0 unspecified atom stereocenters. The van der Waals surface area contributed by atoms with Gasteiger partial charge < -0.3 is 5.32 Å². The van der Waals surface area contributed by atoms with E-state index in [0.717, 1.165) is 17.7 Å². The maximum atomic E-state index is 13.3. The van der Waals surface area contributed by atoms with Crippen LogP contribution in [0, 0.1) is 10.1 Å². The van der Waals surface area contributed by atoms with Crippen LogP contribution in [0.15, 0.2) is 54.7 Å². The molecule has 140 valence electrons. The summed E-state index contributed by atoms with van der Waals surface area (Å²) in [5.74, 6) is 0. The van der Waals surface area contributed by atoms with E-state index in [4.69, 9.17) is 0 Å². The third-order valence-electron chi connectivity index (χ3n) is 3.94. The third-order valence-corrected chi connectivity index (χ3v) is 3.94. The first-order chi connectivity index (χ1) is 12.8. The lowest BCUT2D eigenvalue weighted by Crippen LogP contribution is -2.11. The van der Waals surface area contributed by atoms with Gasteiger partial charge in [-0.2, -0.15) is 18.3 Å². The topological polar surface area (TPSA) is 73.0 Å². The number of aromatic nitrogens is 2. The molecule has 9 heteroatoms. The molecule has 0 saturated carbocycles. The fourth-order valence-corrected chi connectivity index (χ4v) is 2.73. The molecule has 1 aromatic heterocycles. The van der Waals surface area contributed by atoms with Gasteiger partial charge in [0.05, 0.1) is 16.2 Å². The molecule has 3 rings (SSSR count). The zero-order valence-corrected chi connectivity index (χ0v) is 14.2. The second-order valence-electron chi connectivity index (χ2n) is 5.88. The lowest BCUT2D eigenvalue weighted by Gasteiger charge is -2.14. The van der Waals surface area contributed by atoms with Gasteiger partial charge in [0.25, 0.3) is 5.69 Å². The Kier molecular flexibility index (Phi) is 4.85. The normalized spacial score (nSPS) is 11.4. The predicted octanol–water partition coefficient (Wildman–Crippen LogP) is 4.63. The summed E-state index contributed by atoms with van der Waals surface area (Å²) in [5, 5.41) is 17.9. The number of hydrogen-bond donors (Lipinski definition) is 1. The van der Waals surface area contributed by atoms with Gasteiger partial charge in [0.1, 0.15) is 0 Å². The molecule has 0 saturated heterocycles. The van der Waals surface area contributed by atoms with Gasteiger partial charge in [-0.05, 0) is 6.07 Å². The van der Waals surface area contributed by atoms with Crippen LogP contribution in [0.3, 0.4) is 0 Å². The summed E-state index contributed by atoms with van der Waals surface area (Å²) in [7, 11) is 1.73. The molecule has 0 atom stereocenters. The zero-order valence-electron chi connectivity index (χ0n) is 14.2. The predicted molar refractivity (Wildman–Crippen MR) is 94.1 cm³/mol. The third kappa shape index (κ3) is 4.08. The summed E-state index contributed by atoms with van der Waals surface area (Å²) >= 11 is 0. The van der Waals surface area contributed by atoms with Crippen molar-refractivity contribution in [2.24, 2.45) is 7.05 Å². The van der Waals surface area contributed by atoms with E-state index in [-0.39, 0.29) is 12.2 Å². The highest BCUT2D eigenvalue weighted by Crippen LogP contribution is 2.37. The minimum Gasteiger partial charge on any atom is -0.380 e. The number of anilines is 1. The molecule has 0 aliphatic heterocycles. The standard InChI is InChI=1S/C18H15F3N4O2/c1-24-11-13(17(23-24)12-5-3-2-4-6-12)10-22-16-8-7-14(25(26)27)9-15(16)18(19,20)21/h2-9,11,22H,10H2,1H3. The fraction of sp³-hybridized carbons (Fsp3) is 0.167. The molecule has 3 aromatic rings. The molecule has 0 amide bonds. The smallest absolute Gasteiger partial charge is 0.380 e. The van der Waals surface area contributed by atoms with Crippen LogP contribution in [0.1, 0.15) is 11.1 Å². The maximum Gasteiger partial charge on any atom is 0.418 e. The monoisotopic (exact) mass is 376 g/mol. The Morgan fingerprint density at radius 2 is 1.89 bits per heavy atom. The summed E-state index contributed by atoms with van der Waals surface area (Å²) < 4.78 is 41.4. The number of rotatable bonds is 5. The van der Waals surface area contributed by atoms with Crippen LogP contribution in [-0.2, 0) is 19.8 Å². The number of hydrogen-bond acceptors (Lipinski definition) is 4. The van der Waals surface area contributed by atoms with Crippen LogP contribution in [0.4, 0.5) is 24.5 Å². The van der Waals surface area contributed by atoms with Crippen LogP contribution in [0.2, 0.25) is 0 Å². The van der Waals surface area contributed by atoms with Crippen LogP contribution in [0.5, 0.6) is 0 Å². The molecule has 0 fully saturated rings.